The first-order valence-electron chi connectivity index (χ1n) is 4.83. The fourth-order valence-electron chi connectivity index (χ4n) is 1.58. The van der Waals surface area contributed by atoms with Crippen molar-refractivity contribution >= 4 is 11.9 Å². The van der Waals surface area contributed by atoms with E-state index in [-0.39, 0.29) is 11.9 Å². The summed E-state index contributed by atoms with van der Waals surface area (Å²) in [4.78, 5) is 29.1. The van der Waals surface area contributed by atoms with Crippen molar-refractivity contribution in [3.8, 4) is 0 Å². The highest BCUT2D eigenvalue weighted by molar-refractivity contribution is 5.78. The zero-order valence-corrected chi connectivity index (χ0v) is 8.47. The van der Waals surface area contributed by atoms with Crippen molar-refractivity contribution in [2.24, 2.45) is 0 Å². The van der Waals surface area contributed by atoms with E-state index in [2.05, 4.69) is 15.3 Å². The fourth-order valence-corrected chi connectivity index (χ4v) is 1.58. The number of carbonyl (C=O) groups is 1. The molecule has 16 heavy (non-hydrogen) atoms. The second-order valence-electron chi connectivity index (χ2n) is 3.53. The molecule has 1 aromatic heterocycles. The van der Waals surface area contributed by atoms with Crippen LogP contribution in [0.15, 0.2) is 6.20 Å². The van der Waals surface area contributed by atoms with Crippen molar-refractivity contribution in [1.82, 2.24) is 20.2 Å². The molecule has 1 aliphatic rings. The zero-order chi connectivity index (χ0) is 11.5. The number of imidazole rings is 1. The van der Waals surface area contributed by atoms with Crippen LogP contribution in [0.25, 0.3) is 0 Å². The van der Waals surface area contributed by atoms with Crippen molar-refractivity contribution in [1.29, 1.82) is 0 Å². The molecule has 0 bridgehead atoms. The molecule has 8 nitrogen and oxygen atoms in total. The van der Waals surface area contributed by atoms with E-state index in [1.165, 1.54) is 6.20 Å². The molecule has 0 aromatic carbocycles. The molecule has 86 valence electrons. The lowest BCUT2D eigenvalue weighted by molar-refractivity contribution is -0.393. The second-order valence-corrected chi connectivity index (χ2v) is 3.53. The van der Waals surface area contributed by atoms with Gasteiger partial charge in [0.05, 0.1) is 13.1 Å². The fraction of sp³-hybridized carbons (Fsp3) is 0.500. The molecule has 8 heteroatoms. The van der Waals surface area contributed by atoms with Crippen LogP contribution in [0.5, 0.6) is 0 Å². The maximum Gasteiger partial charge on any atom is 0.432 e. The smallest absolute Gasteiger partial charge is 0.390 e. The number of carbonyl (C=O) groups excluding carboxylic acids is 1. The molecular formula is C8H11N5O3. The highest BCUT2D eigenvalue weighted by atomic mass is 16.6. The van der Waals surface area contributed by atoms with Gasteiger partial charge in [-0.15, -0.1) is 0 Å². The third-order valence-electron chi connectivity index (χ3n) is 2.29. The molecule has 0 saturated carbocycles. The summed E-state index contributed by atoms with van der Waals surface area (Å²) in [6.07, 6.45) is 1.49. The van der Waals surface area contributed by atoms with E-state index in [1.807, 2.05) is 4.90 Å². The Morgan fingerprint density at radius 2 is 2.44 bits per heavy atom. The molecule has 1 fully saturated rings. The molecule has 1 amide bonds. The predicted octanol–water partition coefficient (Wildman–Crippen LogP) is -0.750. The van der Waals surface area contributed by atoms with Gasteiger partial charge in [0.25, 0.3) is 0 Å². The molecule has 0 spiro atoms. The number of hydrogen-bond acceptors (Lipinski definition) is 5. The lowest BCUT2D eigenvalue weighted by Gasteiger charge is -2.24. The summed E-state index contributed by atoms with van der Waals surface area (Å²) in [5.74, 6) is -0.298. The van der Waals surface area contributed by atoms with Crippen LogP contribution in [0.4, 0.5) is 5.95 Å². The minimum absolute atomic E-state index is 0.0312. The van der Waals surface area contributed by atoms with E-state index in [4.69, 9.17) is 0 Å². The van der Waals surface area contributed by atoms with Gasteiger partial charge in [-0.25, -0.2) is 4.98 Å². The van der Waals surface area contributed by atoms with Gasteiger partial charge in [-0.05, 0) is 4.92 Å². The summed E-state index contributed by atoms with van der Waals surface area (Å²) in [5, 5.41) is 13.1. The summed E-state index contributed by atoms with van der Waals surface area (Å²) >= 11 is 0. The number of hydrogen-bond donors (Lipinski definition) is 2. The topological polar surface area (TPSA) is 104 Å². The molecule has 1 aliphatic heterocycles. The molecule has 1 saturated heterocycles. The predicted molar refractivity (Wildman–Crippen MR) is 53.5 cm³/mol. The maximum atomic E-state index is 11.1. The number of nitrogens with one attached hydrogen (secondary N) is 2. The van der Waals surface area contributed by atoms with E-state index in [1.54, 1.807) is 0 Å². The van der Waals surface area contributed by atoms with Gasteiger partial charge in [-0.1, -0.05) is 4.98 Å². The average Bonchev–Trinajstić information content (AvgIpc) is 2.66. The third-order valence-corrected chi connectivity index (χ3v) is 2.29. The first-order chi connectivity index (χ1) is 7.65. The SMILES string of the molecule is O=C1CN(Cc2c[nH]c([N+](=O)[O-])n2)CCN1. The van der Waals surface area contributed by atoms with Crippen LogP contribution in [0, 0.1) is 10.1 Å². The maximum absolute atomic E-state index is 11.1. The zero-order valence-electron chi connectivity index (χ0n) is 8.47. The van der Waals surface area contributed by atoms with Crippen LogP contribution in [0.3, 0.4) is 0 Å². The van der Waals surface area contributed by atoms with E-state index < -0.39 is 4.92 Å². The summed E-state index contributed by atoms with van der Waals surface area (Å²) in [5.41, 5.74) is 0.571. The van der Waals surface area contributed by atoms with Crippen molar-refractivity contribution < 1.29 is 9.72 Å². The summed E-state index contributed by atoms with van der Waals surface area (Å²) in [6.45, 7) is 2.08. The minimum atomic E-state index is -0.577. The Morgan fingerprint density at radius 1 is 1.62 bits per heavy atom. The number of rotatable bonds is 3. The Kier molecular flexibility index (Phi) is 2.82. The van der Waals surface area contributed by atoms with Gasteiger partial charge in [0.2, 0.25) is 5.91 Å². The van der Waals surface area contributed by atoms with Crippen molar-refractivity contribution in [2.75, 3.05) is 19.6 Å². The van der Waals surface area contributed by atoms with E-state index >= 15 is 0 Å². The number of H-pyrrole nitrogens is 1. The lowest BCUT2D eigenvalue weighted by atomic mass is 10.3. The number of nitrogens with zero attached hydrogens (tertiary/aromatic N) is 3. The monoisotopic (exact) mass is 225 g/mol. The van der Waals surface area contributed by atoms with Gasteiger partial charge in [0.15, 0.2) is 5.69 Å². The Bertz CT molecular complexity index is 416. The largest absolute Gasteiger partial charge is 0.432 e. The van der Waals surface area contributed by atoms with Crippen molar-refractivity contribution in [3.05, 3.63) is 22.0 Å². The van der Waals surface area contributed by atoms with E-state index in [0.29, 0.717) is 25.3 Å². The average molecular weight is 225 g/mol. The highest BCUT2D eigenvalue weighted by Crippen LogP contribution is 2.08. The summed E-state index contributed by atoms with van der Waals surface area (Å²) in [6, 6.07) is 0. The normalized spacial score (nSPS) is 17.1. The van der Waals surface area contributed by atoms with Crippen LogP contribution in [-0.4, -0.2) is 45.3 Å². The van der Waals surface area contributed by atoms with Gasteiger partial charge >= 0.3 is 5.95 Å². The van der Waals surface area contributed by atoms with E-state index in [0.717, 1.165) is 6.54 Å². The van der Waals surface area contributed by atoms with Gasteiger partial charge in [0, 0.05) is 13.1 Å². The van der Waals surface area contributed by atoms with Gasteiger partial charge in [-0.3, -0.25) is 9.69 Å². The molecule has 2 rings (SSSR count). The molecule has 0 radical (unpaired) electrons. The second kappa shape index (κ2) is 4.27. The van der Waals surface area contributed by atoms with E-state index in [9.17, 15) is 14.9 Å². The molecule has 2 N–H and O–H groups in total. The standard InChI is InChI=1S/C8H11N5O3/c14-7-5-12(2-1-9-7)4-6-3-10-8(11-6)13(15)16/h3H,1-2,4-5H2,(H,9,14)(H,10,11). The molecule has 0 aliphatic carbocycles. The molecular weight excluding hydrogens is 214 g/mol. The Labute approximate surface area is 90.8 Å². The summed E-state index contributed by atoms with van der Waals surface area (Å²) < 4.78 is 0. The molecule has 0 unspecified atom stereocenters. The first-order valence-corrected chi connectivity index (χ1v) is 4.83. The van der Waals surface area contributed by atoms with Crippen LogP contribution in [0.1, 0.15) is 5.69 Å². The number of piperazine rings is 1. The van der Waals surface area contributed by atoms with Crippen LogP contribution < -0.4 is 5.32 Å². The lowest BCUT2D eigenvalue weighted by Crippen LogP contribution is -2.47. The van der Waals surface area contributed by atoms with Gasteiger partial charge < -0.3 is 15.4 Å². The van der Waals surface area contributed by atoms with Gasteiger partial charge in [-0.2, -0.15) is 0 Å². The first kappa shape index (κ1) is 10.6. The van der Waals surface area contributed by atoms with Gasteiger partial charge in [0.1, 0.15) is 6.20 Å². The Morgan fingerprint density at radius 3 is 3.06 bits per heavy atom. The quantitative estimate of drug-likeness (QED) is 0.520. The van der Waals surface area contributed by atoms with Crippen LogP contribution in [-0.2, 0) is 11.3 Å². The van der Waals surface area contributed by atoms with Crippen molar-refractivity contribution in [3.63, 3.8) is 0 Å². The Hall–Kier alpha value is -1.96. The third kappa shape index (κ3) is 2.34. The van der Waals surface area contributed by atoms with Crippen molar-refractivity contribution in [2.45, 2.75) is 6.54 Å². The summed E-state index contributed by atoms with van der Waals surface area (Å²) in [7, 11) is 0. The molecule has 2 heterocycles. The minimum Gasteiger partial charge on any atom is -0.390 e. The number of amides is 1. The number of nitro groups is 1. The number of aromatic nitrogens is 2. The van der Waals surface area contributed by atoms with Crippen LogP contribution >= 0.6 is 0 Å². The molecule has 1 aromatic rings. The molecule has 0 atom stereocenters. The van der Waals surface area contributed by atoms with Crippen LogP contribution in [0.2, 0.25) is 0 Å². The number of aromatic amines is 1. The Balaban J connectivity index is 1.97. The highest BCUT2D eigenvalue weighted by Gasteiger charge is 2.19.